The summed E-state index contributed by atoms with van der Waals surface area (Å²) < 4.78 is 41.5. The number of piperazine rings is 1. The van der Waals surface area contributed by atoms with E-state index in [9.17, 15) is 22.8 Å². The number of rotatable bonds is 8. The lowest BCUT2D eigenvalue weighted by atomic mass is 9.79. The summed E-state index contributed by atoms with van der Waals surface area (Å²) in [7, 11) is 2.06. The summed E-state index contributed by atoms with van der Waals surface area (Å²) in [6.45, 7) is 7.31. The number of aliphatic imine (C=N–C) groups is 1. The minimum absolute atomic E-state index is 0.00517. The first kappa shape index (κ1) is 31.9. The normalized spacial score (nSPS) is 22.3. The number of hydrogen-bond acceptors (Lipinski definition) is 5. The maximum Gasteiger partial charge on any atom is 0.265 e. The highest BCUT2D eigenvalue weighted by molar-refractivity contribution is 6.09. The molecule has 242 valence electrons. The number of amides is 2. The van der Waals surface area contributed by atoms with Gasteiger partial charge < -0.3 is 14.7 Å². The van der Waals surface area contributed by atoms with Gasteiger partial charge >= 0.3 is 0 Å². The van der Waals surface area contributed by atoms with Crippen molar-refractivity contribution in [2.45, 2.75) is 31.2 Å². The zero-order valence-corrected chi connectivity index (χ0v) is 26.3. The van der Waals surface area contributed by atoms with Gasteiger partial charge in [0.1, 0.15) is 23.3 Å². The smallest absolute Gasteiger partial charge is 0.265 e. The van der Waals surface area contributed by atoms with Crippen molar-refractivity contribution >= 4 is 17.6 Å². The third-order valence-corrected chi connectivity index (χ3v) is 9.78. The van der Waals surface area contributed by atoms with E-state index in [1.165, 1.54) is 36.4 Å². The molecule has 3 aromatic carbocycles. The molecule has 10 heteroatoms. The van der Waals surface area contributed by atoms with E-state index in [0.717, 1.165) is 31.6 Å². The van der Waals surface area contributed by atoms with Crippen molar-refractivity contribution in [2.75, 3.05) is 59.4 Å². The fraction of sp³-hybridized carbons (Fsp3) is 0.417. The Hall–Kier alpha value is -4.02. The van der Waals surface area contributed by atoms with Crippen LogP contribution in [-0.4, -0.2) is 96.7 Å². The summed E-state index contributed by atoms with van der Waals surface area (Å²) in [5.74, 6) is -0.954. The van der Waals surface area contributed by atoms with E-state index in [4.69, 9.17) is 4.99 Å². The Morgan fingerprint density at radius 2 is 1.35 bits per heavy atom. The van der Waals surface area contributed by atoms with Crippen molar-refractivity contribution in [1.29, 1.82) is 0 Å². The quantitative estimate of drug-likeness (QED) is 0.356. The van der Waals surface area contributed by atoms with Gasteiger partial charge in [0, 0.05) is 39.3 Å². The zero-order valence-electron chi connectivity index (χ0n) is 26.3. The number of benzene rings is 3. The molecule has 3 aliphatic rings. The lowest BCUT2D eigenvalue weighted by Gasteiger charge is -2.42. The first-order valence-corrected chi connectivity index (χ1v) is 16.0. The molecule has 0 radical (unpaired) electrons. The van der Waals surface area contributed by atoms with Crippen LogP contribution in [0.2, 0.25) is 0 Å². The minimum Gasteiger partial charge on any atom is -0.340 e. The van der Waals surface area contributed by atoms with Crippen LogP contribution in [0.4, 0.5) is 13.2 Å². The molecule has 2 unspecified atom stereocenters. The summed E-state index contributed by atoms with van der Waals surface area (Å²) >= 11 is 0. The van der Waals surface area contributed by atoms with Gasteiger partial charge in [-0.25, -0.2) is 18.2 Å². The van der Waals surface area contributed by atoms with E-state index < -0.39 is 17.2 Å². The van der Waals surface area contributed by atoms with E-state index in [2.05, 4.69) is 16.8 Å². The highest BCUT2D eigenvalue weighted by Crippen LogP contribution is 2.41. The van der Waals surface area contributed by atoms with Crippen LogP contribution in [0.3, 0.4) is 0 Å². The number of hydrogen-bond donors (Lipinski definition) is 0. The Morgan fingerprint density at radius 1 is 0.804 bits per heavy atom. The summed E-state index contributed by atoms with van der Waals surface area (Å²) in [5.41, 5.74) is 0.584. The van der Waals surface area contributed by atoms with Gasteiger partial charge in [-0.2, -0.15) is 0 Å². The number of carbonyl (C=O) groups is 2. The molecule has 3 heterocycles. The Balaban J connectivity index is 1.16. The fourth-order valence-corrected chi connectivity index (χ4v) is 7.18. The van der Waals surface area contributed by atoms with E-state index in [1.807, 2.05) is 4.90 Å². The maximum atomic E-state index is 14.2. The van der Waals surface area contributed by atoms with Crippen LogP contribution in [0.1, 0.15) is 42.4 Å². The molecule has 7 nitrogen and oxygen atoms in total. The number of amidine groups is 1. The van der Waals surface area contributed by atoms with Gasteiger partial charge in [0.2, 0.25) is 5.91 Å². The van der Waals surface area contributed by atoms with E-state index >= 15 is 0 Å². The molecular formula is C36H40F3N5O2. The summed E-state index contributed by atoms with van der Waals surface area (Å²) in [5, 5.41) is 0. The molecule has 6 rings (SSSR count). The molecule has 2 atom stereocenters. The Bertz CT molecular complexity index is 1530. The number of likely N-dealkylation sites (N-methyl/N-ethyl adjacent to an activating group) is 1. The molecular weight excluding hydrogens is 591 g/mol. The van der Waals surface area contributed by atoms with Crippen LogP contribution in [0.15, 0.2) is 77.8 Å². The van der Waals surface area contributed by atoms with Gasteiger partial charge in [-0.05, 0) is 98.9 Å². The average molecular weight is 632 g/mol. The second-order valence-corrected chi connectivity index (χ2v) is 12.7. The number of halogens is 3. The summed E-state index contributed by atoms with van der Waals surface area (Å²) in [6.07, 6.45) is 1.43. The topological polar surface area (TPSA) is 59.5 Å². The third kappa shape index (κ3) is 6.33. The Morgan fingerprint density at radius 3 is 1.91 bits per heavy atom. The SMILES string of the molecule is CC1=NC(c2ccc(F)cc2)(c2ccc(F)cc2)C(=O)N1CCCN1CCC(c2ccc(F)cc2)C(C(=O)N2CCN(C)CC2)C1. The van der Waals surface area contributed by atoms with Crippen LogP contribution in [0.25, 0.3) is 0 Å². The number of piperidine rings is 1. The standard InChI is InChI=1S/C36H40F3N5O2/c1-25-40-36(27-6-12-30(38)13-7-27,28-8-14-31(39)15-9-28)35(46)44(25)18-3-17-42-19-16-32(26-4-10-29(37)11-5-26)33(24-42)34(45)43-22-20-41(2)21-23-43/h4-15,32-33H,3,16-24H2,1-2H3. The third-order valence-electron chi connectivity index (χ3n) is 9.78. The second-order valence-electron chi connectivity index (χ2n) is 12.7. The van der Waals surface area contributed by atoms with Crippen LogP contribution in [0, 0.1) is 23.4 Å². The number of carbonyl (C=O) groups excluding carboxylic acids is 2. The Kier molecular flexibility index (Phi) is 9.29. The highest BCUT2D eigenvalue weighted by Gasteiger charge is 2.50. The summed E-state index contributed by atoms with van der Waals surface area (Å²) in [4.78, 5) is 41.1. The molecule has 3 aliphatic heterocycles. The molecule has 0 aromatic heterocycles. The maximum absolute atomic E-state index is 14.2. The lowest BCUT2D eigenvalue weighted by Crippen LogP contribution is -2.53. The van der Waals surface area contributed by atoms with Gasteiger partial charge in [-0.1, -0.05) is 36.4 Å². The predicted molar refractivity (Wildman–Crippen MR) is 171 cm³/mol. The van der Waals surface area contributed by atoms with Crippen LogP contribution >= 0.6 is 0 Å². The van der Waals surface area contributed by atoms with Crippen molar-refractivity contribution in [3.63, 3.8) is 0 Å². The van der Waals surface area contributed by atoms with Crippen molar-refractivity contribution < 1.29 is 22.8 Å². The largest absolute Gasteiger partial charge is 0.340 e. The molecule has 3 aromatic rings. The van der Waals surface area contributed by atoms with Crippen LogP contribution in [-0.2, 0) is 15.1 Å². The molecule has 0 aliphatic carbocycles. The molecule has 0 N–H and O–H groups in total. The van der Waals surface area contributed by atoms with E-state index in [-0.39, 0.29) is 29.5 Å². The average Bonchev–Trinajstić information content (AvgIpc) is 3.31. The van der Waals surface area contributed by atoms with Gasteiger partial charge in [0.25, 0.3) is 5.91 Å². The number of likely N-dealkylation sites (tertiary alicyclic amines) is 1. The van der Waals surface area contributed by atoms with Crippen molar-refractivity contribution in [3.8, 4) is 0 Å². The second kappa shape index (κ2) is 13.4. The highest BCUT2D eigenvalue weighted by atomic mass is 19.1. The monoisotopic (exact) mass is 631 g/mol. The molecule has 0 spiro atoms. The molecule has 0 bridgehead atoms. The molecule has 2 fully saturated rings. The molecule has 2 saturated heterocycles. The first-order chi connectivity index (χ1) is 22.2. The molecule has 2 amide bonds. The predicted octanol–water partition coefficient (Wildman–Crippen LogP) is 4.88. The molecule has 0 saturated carbocycles. The van der Waals surface area contributed by atoms with E-state index in [0.29, 0.717) is 56.1 Å². The summed E-state index contributed by atoms with van der Waals surface area (Å²) in [6, 6.07) is 18.0. The Labute approximate surface area is 268 Å². The minimum atomic E-state index is -1.43. The van der Waals surface area contributed by atoms with Gasteiger partial charge in [0.05, 0.1) is 5.92 Å². The first-order valence-electron chi connectivity index (χ1n) is 16.0. The van der Waals surface area contributed by atoms with E-state index in [1.54, 1.807) is 48.2 Å². The zero-order chi connectivity index (χ0) is 32.4. The molecule has 46 heavy (non-hydrogen) atoms. The van der Waals surface area contributed by atoms with Gasteiger partial charge in [-0.15, -0.1) is 0 Å². The van der Waals surface area contributed by atoms with Gasteiger partial charge in [-0.3, -0.25) is 14.5 Å². The van der Waals surface area contributed by atoms with Crippen molar-refractivity contribution in [2.24, 2.45) is 10.9 Å². The lowest BCUT2D eigenvalue weighted by molar-refractivity contribution is -0.139. The fourth-order valence-electron chi connectivity index (χ4n) is 7.18. The van der Waals surface area contributed by atoms with Crippen molar-refractivity contribution in [1.82, 2.24) is 19.6 Å². The van der Waals surface area contributed by atoms with Crippen LogP contribution < -0.4 is 0 Å². The van der Waals surface area contributed by atoms with Crippen molar-refractivity contribution in [3.05, 3.63) is 107 Å². The van der Waals surface area contributed by atoms with Crippen LogP contribution in [0.5, 0.6) is 0 Å². The van der Waals surface area contributed by atoms with Gasteiger partial charge in [0.15, 0.2) is 5.54 Å². The number of nitrogens with zero attached hydrogens (tertiary/aromatic N) is 5.